The van der Waals surface area contributed by atoms with E-state index in [1.807, 2.05) is 0 Å². The van der Waals surface area contributed by atoms with Crippen molar-refractivity contribution in [2.45, 2.75) is 31.8 Å². The molecule has 0 bridgehead atoms. The van der Waals surface area contributed by atoms with Crippen LogP contribution in [-0.2, 0) is 14.8 Å². The highest BCUT2D eigenvalue weighted by Gasteiger charge is 2.27. The van der Waals surface area contributed by atoms with E-state index in [9.17, 15) is 13.2 Å². The third-order valence-electron chi connectivity index (χ3n) is 2.02. The monoisotopic (exact) mass is 254 g/mol. The van der Waals surface area contributed by atoms with Crippen molar-refractivity contribution in [1.82, 2.24) is 10.0 Å². The highest BCUT2D eigenvalue weighted by Crippen LogP contribution is 2.18. The molecular weight excluding hydrogens is 240 g/mol. The van der Waals surface area contributed by atoms with Gasteiger partial charge in [-0.15, -0.1) is 11.6 Å². The summed E-state index contributed by atoms with van der Waals surface area (Å²) in [4.78, 5) is 11.4. The van der Waals surface area contributed by atoms with Crippen molar-refractivity contribution in [3.8, 4) is 0 Å². The van der Waals surface area contributed by atoms with Crippen molar-refractivity contribution in [2.75, 3.05) is 11.6 Å². The molecule has 2 N–H and O–H groups in total. The van der Waals surface area contributed by atoms with E-state index >= 15 is 0 Å². The van der Waals surface area contributed by atoms with Crippen LogP contribution in [-0.4, -0.2) is 38.0 Å². The molecular formula is C8H15ClN2O3S. The van der Waals surface area contributed by atoms with E-state index in [1.54, 1.807) is 0 Å². The molecule has 88 valence electrons. The van der Waals surface area contributed by atoms with E-state index < -0.39 is 16.1 Å². The molecule has 1 fully saturated rings. The molecule has 1 aliphatic rings. The third kappa shape index (κ3) is 4.81. The second-order valence-corrected chi connectivity index (χ2v) is 5.88. The Bertz CT molecular complexity index is 327. The molecule has 0 radical (unpaired) electrons. The number of sulfonamides is 1. The van der Waals surface area contributed by atoms with E-state index in [4.69, 9.17) is 11.6 Å². The largest absolute Gasteiger partial charge is 0.352 e. The minimum Gasteiger partial charge on any atom is -0.352 e. The molecule has 0 aromatic carbocycles. The van der Waals surface area contributed by atoms with E-state index in [0.717, 1.165) is 12.8 Å². The Balaban J connectivity index is 2.38. The normalized spacial score (nSPS) is 18.5. The first-order valence-corrected chi connectivity index (χ1v) is 6.99. The van der Waals surface area contributed by atoms with Crippen LogP contribution in [0.4, 0.5) is 0 Å². The summed E-state index contributed by atoms with van der Waals surface area (Å²) >= 11 is 5.32. The van der Waals surface area contributed by atoms with Gasteiger partial charge in [-0.3, -0.25) is 4.79 Å². The molecule has 1 saturated carbocycles. The Kier molecular flexibility index (Phi) is 4.36. The topological polar surface area (TPSA) is 75.3 Å². The number of rotatable bonds is 6. The maximum Gasteiger partial charge on any atom is 0.238 e. The van der Waals surface area contributed by atoms with Crippen molar-refractivity contribution in [2.24, 2.45) is 0 Å². The Morgan fingerprint density at radius 3 is 2.60 bits per heavy atom. The first-order chi connectivity index (χ1) is 6.94. The Morgan fingerprint density at radius 2 is 2.13 bits per heavy atom. The van der Waals surface area contributed by atoms with E-state index in [1.165, 1.54) is 6.92 Å². The van der Waals surface area contributed by atoms with E-state index in [2.05, 4.69) is 10.0 Å². The van der Waals surface area contributed by atoms with Gasteiger partial charge in [0.25, 0.3) is 0 Å². The average molecular weight is 255 g/mol. The Morgan fingerprint density at radius 1 is 1.53 bits per heavy atom. The minimum absolute atomic E-state index is 0.0201. The van der Waals surface area contributed by atoms with Crippen LogP contribution >= 0.6 is 11.6 Å². The highest BCUT2D eigenvalue weighted by molar-refractivity contribution is 7.89. The zero-order chi connectivity index (χ0) is 11.5. The van der Waals surface area contributed by atoms with Gasteiger partial charge in [0, 0.05) is 11.9 Å². The second-order valence-electron chi connectivity index (χ2n) is 3.63. The van der Waals surface area contributed by atoms with Crippen LogP contribution < -0.4 is 10.0 Å². The van der Waals surface area contributed by atoms with Crippen molar-refractivity contribution < 1.29 is 13.2 Å². The van der Waals surface area contributed by atoms with E-state index in [0.29, 0.717) is 0 Å². The summed E-state index contributed by atoms with van der Waals surface area (Å²) in [6.07, 6.45) is 1.96. The van der Waals surface area contributed by atoms with Gasteiger partial charge in [0.05, 0.1) is 11.8 Å². The molecule has 0 aromatic rings. The molecule has 7 heteroatoms. The van der Waals surface area contributed by atoms with Crippen molar-refractivity contribution in [1.29, 1.82) is 0 Å². The van der Waals surface area contributed by atoms with Gasteiger partial charge in [-0.2, -0.15) is 0 Å². The fourth-order valence-corrected chi connectivity index (χ4v) is 2.61. The number of alkyl halides is 1. The lowest BCUT2D eigenvalue weighted by Gasteiger charge is -2.13. The number of amides is 1. The number of carbonyl (C=O) groups excluding carboxylic acids is 1. The van der Waals surface area contributed by atoms with Gasteiger partial charge in [-0.1, -0.05) is 0 Å². The summed E-state index contributed by atoms with van der Waals surface area (Å²) in [5.74, 6) is -0.433. The summed E-state index contributed by atoms with van der Waals surface area (Å²) < 4.78 is 24.8. The Hall–Kier alpha value is -0.330. The predicted octanol–water partition coefficient (Wildman–Crippen LogP) is -0.188. The van der Waals surface area contributed by atoms with Gasteiger partial charge in [0.2, 0.25) is 15.9 Å². The molecule has 0 aliphatic heterocycles. The molecule has 15 heavy (non-hydrogen) atoms. The maximum absolute atomic E-state index is 11.4. The lowest BCUT2D eigenvalue weighted by molar-refractivity contribution is -0.122. The molecule has 0 spiro atoms. The molecule has 0 aromatic heterocycles. The van der Waals surface area contributed by atoms with Crippen molar-refractivity contribution >= 4 is 27.5 Å². The summed E-state index contributed by atoms with van der Waals surface area (Å²) in [6.45, 7) is 1.52. The SMILES string of the molecule is CC(NS(=O)(=O)CCCl)C(=O)NC1CC1. The first-order valence-electron chi connectivity index (χ1n) is 4.81. The smallest absolute Gasteiger partial charge is 0.238 e. The lowest BCUT2D eigenvalue weighted by Crippen LogP contribution is -2.46. The predicted molar refractivity (Wildman–Crippen MR) is 58.3 cm³/mol. The number of nitrogens with one attached hydrogen (secondary N) is 2. The van der Waals surface area contributed by atoms with Gasteiger partial charge in [0.15, 0.2) is 0 Å². The molecule has 0 saturated heterocycles. The van der Waals surface area contributed by atoms with Gasteiger partial charge in [-0.05, 0) is 19.8 Å². The van der Waals surface area contributed by atoms with Gasteiger partial charge >= 0.3 is 0 Å². The summed E-state index contributed by atoms with van der Waals surface area (Å²) in [5.41, 5.74) is 0. The molecule has 0 heterocycles. The molecule has 1 rings (SSSR count). The number of halogens is 1. The van der Waals surface area contributed by atoms with Crippen LogP contribution in [0.5, 0.6) is 0 Å². The summed E-state index contributed by atoms with van der Waals surface area (Å²) in [6, 6.07) is -0.503. The van der Waals surface area contributed by atoms with E-state index in [-0.39, 0.29) is 23.6 Å². The van der Waals surface area contributed by atoms with Crippen LogP contribution in [0, 0.1) is 0 Å². The zero-order valence-electron chi connectivity index (χ0n) is 8.49. The third-order valence-corrected chi connectivity index (χ3v) is 3.89. The molecule has 1 amide bonds. The summed E-state index contributed by atoms with van der Waals surface area (Å²) in [5, 5.41) is 2.72. The first kappa shape index (κ1) is 12.7. The minimum atomic E-state index is -3.43. The van der Waals surface area contributed by atoms with Crippen LogP contribution in [0.2, 0.25) is 0 Å². The number of hydrogen-bond donors (Lipinski definition) is 2. The molecule has 1 atom stereocenters. The molecule has 1 unspecified atom stereocenters. The average Bonchev–Trinajstić information content (AvgIpc) is 2.86. The van der Waals surface area contributed by atoms with Gasteiger partial charge in [0.1, 0.15) is 0 Å². The maximum atomic E-state index is 11.4. The second kappa shape index (κ2) is 5.14. The fraction of sp³-hybridized carbons (Fsp3) is 0.875. The highest BCUT2D eigenvalue weighted by atomic mass is 35.5. The number of carbonyl (C=O) groups is 1. The van der Waals surface area contributed by atoms with Crippen molar-refractivity contribution in [3.05, 3.63) is 0 Å². The summed E-state index contributed by atoms with van der Waals surface area (Å²) in [7, 11) is -3.43. The molecule has 5 nitrogen and oxygen atoms in total. The Labute approximate surface area is 94.6 Å². The van der Waals surface area contributed by atoms with Crippen LogP contribution in [0.3, 0.4) is 0 Å². The van der Waals surface area contributed by atoms with Crippen LogP contribution in [0.15, 0.2) is 0 Å². The fourth-order valence-electron chi connectivity index (χ4n) is 1.04. The molecule has 1 aliphatic carbocycles. The van der Waals surface area contributed by atoms with Crippen molar-refractivity contribution in [3.63, 3.8) is 0 Å². The quantitative estimate of drug-likeness (QED) is 0.646. The number of hydrogen-bond acceptors (Lipinski definition) is 3. The van der Waals surface area contributed by atoms with Gasteiger partial charge in [-0.25, -0.2) is 13.1 Å². The van der Waals surface area contributed by atoms with Crippen LogP contribution in [0.25, 0.3) is 0 Å². The standard InChI is InChI=1S/C8H15ClN2O3S/c1-6(8(12)10-7-2-3-7)11-15(13,14)5-4-9/h6-7,11H,2-5H2,1H3,(H,10,12). The lowest BCUT2D eigenvalue weighted by atomic mass is 10.3. The van der Waals surface area contributed by atoms with Gasteiger partial charge < -0.3 is 5.32 Å². The zero-order valence-corrected chi connectivity index (χ0v) is 10.1. The van der Waals surface area contributed by atoms with Crippen LogP contribution in [0.1, 0.15) is 19.8 Å².